The summed E-state index contributed by atoms with van der Waals surface area (Å²) in [6.07, 6.45) is 2.21. The molecular weight excluding hydrogens is 428 g/mol. The molecule has 7 nitrogen and oxygen atoms in total. The van der Waals surface area contributed by atoms with Gasteiger partial charge in [0.15, 0.2) is 0 Å². The van der Waals surface area contributed by atoms with E-state index in [-0.39, 0.29) is 18.0 Å². The van der Waals surface area contributed by atoms with Crippen LogP contribution in [0.5, 0.6) is 5.75 Å². The number of fused-ring (bicyclic) bond motifs is 4. The average Bonchev–Trinajstić information content (AvgIpc) is 3.28. The van der Waals surface area contributed by atoms with Crippen LogP contribution in [0.4, 0.5) is 4.79 Å². The van der Waals surface area contributed by atoms with Gasteiger partial charge in [-0.3, -0.25) is 14.6 Å². The summed E-state index contributed by atoms with van der Waals surface area (Å²) >= 11 is 0. The number of hydrogen-bond donors (Lipinski definition) is 2. The van der Waals surface area contributed by atoms with Crippen molar-refractivity contribution in [1.82, 2.24) is 20.1 Å². The minimum Gasteiger partial charge on any atom is -0.494 e. The van der Waals surface area contributed by atoms with Crippen LogP contribution in [0.1, 0.15) is 36.7 Å². The fourth-order valence-corrected chi connectivity index (χ4v) is 5.32. The quantitative estimate of drug-likeness (QED) is 0.304. The third kappa shape index (κ3) is 3.39. The van der Waals surface area contributed by atoms with Crippen molar-refractivity contribution in [2.45, 2.75) is 31.8 Å². The molecule has 2 N–H and O–H groups in total. The lowest BCUT2D eigenvalue weighted by atomic mass is 9.81. The summed E-state index contributed by atoms with van der Waals surface area (Å²) in [6.45, 7) is 9.61. The number of nitrogens with one attached hydrogen (secondary N) is 2. The second-order valence-electron chi connectivity index (χ2n) is 9.02. The third-order valence-corrected chi connectivity index (χ3v) is 6.86. The summed E-state index contributed by atoms with van der Waals surface area (Å²) in [5.74, 6) is 0.643. The van der Waals surface area contributed by atoms with E-state index in [0.29, 0.717) is 32.7 Å². The van der Waals surface area contributed by atoms with Crippen LogP contribution >= 0.6 is 0 Å². The highest BCUT2D eigenvalue weighted by molar-refractivity contribution is 6.08. The SMILES string of the molecule is C=CCNCCN1C(=O)N2[C@H](c3ccccc3)c3[nH]c4ccc(OCC)cc4c3C[C@@]2(C)C1=O. The third-order valence-electron chi connectivity index (χ3n) is 6.86. The highest BCUT2D eigenvalue weighted by atomic mass is 16.5. The van der Waals surface area contributed by atoms with Crippen LogP contribution in [0.15, 0.2) is 61.2 Å². The van der Waals surface area contributed by atoms with Gasteiger partial charge >= 0.3 is 6.03 Å². The summed E-state index contributed by atoms with van der Waals surface area (Å²) in [6, 6.07) is 15.3. The van der Waals surface area contributed by atoms with Gasteiger partial charge in [0.05, 0.1) is 6.61 Å². The number of nitrogens with zero attached hydrogens (tertiary/aromatic N) is 2. The van der Waals surface area contributed by atoms with E-state index in [2.05, 4.69) is 16.9 Å². The van der Waals surface area contributed by atoms with Gasteiger partial charge in [-0.25, -0.2) is 4.79 Å². The predicted molar refractivity (Wildman–Crippen MR) is 132 cm³/mol. The highest BCUT2D eigenvalue weighted by Crippen LogP contribution is 2.48. The summed E-state index contributed by atoms with van der Waals surface area (Å²) < 4.78 is 5.75. The predicted octanol–water partition coefficient (Wildman–Crippen LogP) is 4.01. The van der Waals surface area contributed by atoms with Gasteiger partial charge in [-0.15, -0.1) is 6.58 Å². The number of carbonyl (C=O) groups is 2. The van der Waals surface area contributed by atoms with Crippen molar-refractivity contribution in [3.63, 3.8) is 0 Å². The Labute approximate surface area is 199 Å². The smallest absolute Gasteiger partial charge is 0.328 e. The van der Waals surface area contributed by atoms with Crippen LogP contribution in [-0.4, -0.2) is 58.5 Å². The van der Waals surface area contributed by atoms with Gasteiger partial charge in [0.25, 0.3) is 5.91 Å². The number of aromatic amines is 1. The summed E-state index contributed by atoms with van der Waals surface area (Å²) in [5.41, 5.74) is 3.00. The molecule has 1 aromatic heterocycles. The molecule has 2 aromatic carbocycles. The maximum atomic E-state index is 13.7. The Bertz CT molecular complexity index is 1250. The Morgan fingerprint density at radius 1 is 1.24 bits per heavy atom. The molecule has 0 bridgehead atoms. The zero-order chi connectivity index (χ0) is 23.9. The average molecular weight is 459 g/mol. The van der Waals surface area contributed by atoms with Crippen LogP contribution in [0.25, 0.3) is 10.9 Å². The van der Waals surface area contributed by atoms with Gasteiger partial charge in [-0.1, -0.05) is 36.4 Å². The van der Waals surface area contributed by atoms with E-state index in [0.717, 1.165) is 33.5 Å². The Morgan fingerprint density at radius 2 is 2.03 bits per heavy atom. The maximum Gasteiger partial charge on any atom is 0.328 e. The Balaban J connectivity index is 1.63. The van der Waals surface area contributed by atoms with E-state index in [9.17, 15) is 9.59 Å². The number of hydrogen-bond acceptors (Lipinski definition) is 4. The first-order chi connectivity index (χ1) is 16.5. The van der Waals surface area contributed by atoms with Crippen LogP contribution in [0.2, 0.25) is 0 Å². The molecule has 7 heteroatoms. The van der Waals surface area contributed by atoms with Gasteiger partial charge in [0.2, 0.25) is 0 Å². The molecule has 3 heterocycles. The van der Waals surface area contributed by atoms with E-state index in [1.165, 1.54) is 4.90 Å². The molecule has 5 rings (SSSR count). The lowest BCUT2D eigenvalue weighted by Gasteiger charge is -2.42. The molecule has 1 saturated heterocycles. The molecular formula is C27H30N4O3. The molecule has 176 valence electrons. The van der Waals surface area contributed by atoms with Crippen molar-refractivity contribution in [3.8, 4) is 5.75 Å². The second-order valence-corrected chi connectivity index (χ2v) is 9.02. The first kappa shape index (κ1) is 22.2. The Hall–Kier alpha value is -3.58. The number of benzene rings is 2. The molecule has 2 atom stereocenters. The monoisotopic (exact) mass is 458 g/mol. The lowest BCUT2D eigenvalue weighted by molar-refractivity contribution is -0.133. The molecule has 0 spiro atoms. The van der Waals surface area contributed by atoms with Crippen LogP contribution in [0, 0.1) is 0 Å². The van der Waals surface area contributed by atoms with Crippen LogP contribution in [-0.2, 0) is 11.2 Å². The molecule has 34 heavy (non-hydrogen) atoms. The molecule has 0 aliphatic carbocycles. The number of H-pyrrole nitrogens is 1. The van der Waals surface area contributed by atoms with E-state index >= 15 is 0 Å². The number of carbonyl (C=O) groups excluding carboxylic acids is 2. The molecule has 0 saturated carbocycles. The first-order valence-corrected chi connectivity index (χ1v) is 11.8. The number of imide groups is 1. The minimum absolute atomic E-state index is 0.153. The van der Waals surface area contributed by atoms with E-state index < -0.39 is 5.54 Å². The highest BCUT2D eigenvalue weighted by Gasteiger charge is 2.59. The molecule has 2 aliphatic rings. The van der Waals surface area contributed by atoms with Gasteiger partial charge in [0.1, 0.15) is 17.3 Å². The first-order valence-electron chi connectivity index (χ1n) is 11.8. The summed E-state index contributed by atoms with van der Waals surface area (Å²) in [5, 5.41) is 4.23. The van der Waals surface area contributed by atoms with E-state index in [4.69, 9.17) is 4.74 Å². The number of rotatable bonds is 8. The standard InChI is InChI=1S/C27H30N4O3/c1-4-13-28-14-15-30-25(32)27(3)17-21-20-16-19(34-5-2)11-12-22(20)29-23(21)24(31(27)26(30)33)18-9-7-6-8-10-18/h4,6-12,16,24,28-29H,1,5,13-15,17H2,2-3H3/t24-,27+/m1/s1. The van der Waals surface area contributed by atoms with Crippen molar-refractivity contribution in [1.29, 1.82) is 0 Å². The van der Waals surface area contributed by atoms with Crippen LogP contribution < -0.4 is 10.1 Å². The van der Waals surface area contributed by atoms with E-state index in [1.807, 2.05) is 62.4 Å². The maximum absolute atomic E-state index is 13.7. The van der Waals surface area contributed by atoms with Gasteiger partial charge in [0, 0.05) is 42.7 Å². The number of aromatic nitrogens is 1. The van der Waals surface area contributed by atoms with Gasteiger partial charge in [-0.05, 0) is 43.2 Å². The van der Waals surface area contributed by atoms with Crippen molar-refractivity contribution >= 4 is 22.8 Å². The van der Waals surface area contributed by atoms with Crippen LogP contribution in [0.3, 0.4) is 0 Å². The van der Waals surface area contributed by atoms with Crippen molar-refractivity contribution in [2.24, 2.45) is 0 Å². The van der Waals surface area contributed by atoms with Crippen molar-refractivity contribution in [2.75, 3.05) is 26.2 Å². The largest absolute Gasteiger partial charge is 0.494 e. The second kappa shape index (κ2) is 8.65. The van der Waals surface area contributed by atoms with Crippen molar-refractivity contribution in [3.05, 3.63) is 78.0 Å². The van der Waals surface area contributed by atoms with Gasteiger partial charge in [-0.2, -0.15) is 0 Å². The lowest BCUT2D eigenvalue weighted by Crippen LogP contribution is -2.53. The fraction of sp³-hybridized carbons (Fsp3) is 0.333. The zero-order valence-corrected chi connectivity index (χ0v) is 19.6. The number of ether oxygens (including phenoxy) is 1. The normalized spacial score (nSPS) is 21.6. The molecule has 0 unspecified atom stereocenters. The Kier molecular flexibility index (Phi) is 5.65. The van der Waals surface area contributed by atoms with E-state index in [1.54, 1.807) is 11.0 Å². The molecule has 1 fully saturated rings. The molecule has 0 radical (unpaired) electrons. The molecule has 3 aromatic rings. The zero-order valence-electron chi connectivity index (χ0n) is 19.6. The fourth-order valence-electron chi connectivity index (χ4n) is 5.32. The number of amides is 3. The topological polar surface area (TPSA) is 77.7 Å². The molecule has 2 aliphatic heterocycles. The molecule has 3 amide bonds. The Morgan fingerprint density at radius 3 is 2.76 bits per heavy atom. The van der Waals surface area contributed by atoms with Gasteiger partial charge < -0.3 is 15.0 Å². The number of urea groups is 1. The summed E-state index contributed by atoms with van der Waals surface area (Å²) in [4.78, 5) is 34.2. The van der Waals surface area contributed by atoms with Crippen molar-refractivity contribution < 1.29 is 14.3 Å². The minimum atomic E-state index is -0.972. The summed E-state index contributed by atoms with van der Waals surface area (Å²) in [7, 11) is 0.